The minimum atomic E-state index is -0.914. The number of methoxy groups -OCH3 is 1. The molecule has 0 saturated heterocycles. The summed E-state index contributed by atoms with van der Waals surface area (Å²) in [4.78, 5) is 15.6. The van der Waals surface area contributed by atoms with E-state index in [0.717, 1.165) is 11.3 Å². The number of hydrogen-bond donors (Lipinski definition) is 1. The van der Waals surface area contributed by atoms with Gasteiger partial charge in [0, 0.05) is 6.20 Å². The van der Waals surface area contributed by atoms with Crippen molar-refractivity contribution in [2.45, 2.75) is 12.8 Å². The summed E-state index contributed by atoms with van der Waals surface area (Å²) in [7, 11) is 1.59. The summed E-state index contributed by atoms with van der Waals surface area (Å²) in [5.41, 5.74) is 2.13. The summed E-state index contributed by atoms with van der Waals surface area (Å²) < 4.78 is 5.18. The van der Waals surface area contributed by atoms with Crippen LogP contribution in [0.25, 0.3) is 0 Å². The minimum absolute atomic E-state index is 0.527. The van der Waals surface area contributed by atoms with Gasteiger partial charge in [0.25, 0.3) is 0 Å². The molecule has 1 heterocycles. The average Bonchev–Trinajstić information content (AvgIpc) is 2.40. The normalized spacial score (nSPS) is 11.9. The maximum atomic E-state index is 11.5. The lowest BCUT2D eigenvalue weighted by atomic mass is 9.94. The van der Waals surface area contributed by atoms with Crippen molar-refractivity contribution in [1.29, 1.82) is 0 Å². The number of aryl methyl sites for hydroxylation is 1. The number of pyridine rings is 1. The van der Waals surface area contributed by atoms with Crippen LogP contribution in [0.15, 0.2) is 42.6 Å². The van der Waals surface area contributed by atoms with Crippen LogP contribution < -0.4 is 4.74 Å². The van der Waals surface area contributed by atoms with Crippen molar-refractivity contribution in [2.75, 3.05) is 7.11 Å². The van der Waals surface area contributed by atoms with E-state index < -0.39 is 11.9 Å². The van der Waals surface area contributed by atoms with Gasteiger partial charge < -0.3 is 9.84 Å². The van der Waals surface area contributed by atoms with Gasteiger partial charge >= 0.3 is 5.97 Å². The fourth-order valence-electron chi connectivity index (χ4n) is 2.07. The molecule has 0 fully saturated rings. The molecule has 1 atom stereocenters. The summed E-state index contributed by atoms with van der Waals surface area (Å²) in [6.07, 6.45) is 1.60. The highest BCUT2D eigenvalue weighted by Crippen LogP contribution is 2.27. The third-order valence-corrected chi connectivity index (χ3v) is 2.98. The summed E-state index contributed by atoms with van der Waals surface area (Å²) >= 11 is 0. The monoisotopic (exact) mass is 257 g/mol. The molecule has 0 amide bonds. The maximum Gasteiger partial charge on any atom is 0.317 e. The van der Waals surface area contributed by atoms with Crippen molar-refractivity contribution in [3.05, 3.63) is 59.4 Å². The number of nitrogens with zero attached hydrogens (tertiary/aromatic N) is 1. The first-order valence-corrected chi connectivity index (χ1v) is 5.91. The zero-order valence-corrected chi connectivity index (χ0v) is 10.8. The van der Waals surface area contributed by atoms with Crippen molar-refractivity contribution in [1.82, 2.24) is 4.98 Å². The van der Waals surface area contributed by atoms with Gasteiger partial charge in [-0.05, 0) is 36.2 Å². The maximum absolute atomic E-state index is 11.5. The zero-order valence-electron chi connectivity index (χ0n) is 10.8. The first-order chi connectivity index (χ1) is 9.13. The zero-order chi connectivity index (χ0) is 13.8. The summed E-state index contributed by atoms with van der Waals surface area (Å²) in [5, 5.41) is 9.43. The van der Waals surface area contributed by atoms with Crippen LogP contribution in [0.2, 0.25) is 0 Å². The van der Waals surface area contributed by atoms with Crippen LogP contribution in [0.3, 0.4) is 0 Å². The number of hydrogen-bond acceptors (Lipinski definition) is 3. The number of aromatic nitrogens is 1. The lowest BCUT2D eigenvalue weighted by Crippen LogP contribution is -2.14. The number of ether oxygens (including phenoxy) is 1. The first kappa shape index (κ1) is 13.1. The van der Waals surface area contributed by atoms with Gasteiger partial charge in [0.2, 0.25) is 0 Å². The highest BCUT2D eigenvalue weighted by atomic mass is 16.5. The number of carboxylic acid groups (broad SMARTS) is 1. The van der Waals surface area contributed by atoms with Gasteiger partial charge in [-0.3, -0.25) is 9.78 Å². The van der Waals surface area contributed by atoms with Crippen molar-refractivity contribution in [3.8, 4) is 5.75 Å². The second kappa shape index (κ2) is 5.52. The molecular formula is C15H15NO3. The van der Waals surface area contributed by atoms with E-state index in [0.29, 0.717) is 11.3 Å². The molecule has 1 unspecified atom stereocenters. The highest BCUT2D eigenvalue weighted by molar-refractivity contribution is 5.79. The molecule has 0 spiro atoms. The smallest absolute Gasteiger partial charge is 0.317 e. The van der Waals surface area contributed by atoms with Crippen LogP contribution in [0, 0.1) is 6.92 Å². The topological polar surface area (TPSA) is 59.4 Å². The average molecular weight is 257 g/mol. The Morgan fingerprint density at radius 3 is 2.63 bits per heavy atom. The Balaban J connectivity index is 2.46. The lowest BCUT2D eigenvalue weighted by Gasteiger charge is -2.14. The minimum Gasteiger partial charge on any atom is -0.496 e. The van der Waals surface area contributed by atoms with Gasteiger partial charge in [0.15, 0.2) is 0 Å². The van der Waals surface area contributed by atoms with Gasteiger partial charge in [0.1, 0.15) is 11.7 Å². The summed E-state index contributed by atoms with van der Waals surface area (Å²) in [6.45, 7) is 1.89. The van der Waals surface area contributed by atoms with Crippen molar-refractivity contribution in [2.24, 2.45) is 0 Å². The second-order valence-corrected chi connectivity index (χ2v) is 4.25. The van der Waals surface area contributed by atoms with Crippen LogP contribution in [-0.4, -0.2) is 23.2 Å². The van der Waals surface area contributed by atoms with Crippen LogP contribution >= 0.6 is 0 Å². The summed E-state index contributed by atoms with van der Waals surface area (Å²) in [6, 6.07) is 10.6. The van der Waals surface area contributed by atoms with Crippen molar-refractivity contribution < 1.29 is 14.6 Å². The molecule has 0 bridgehead atoms. The number of carbonyl (C=O) groups is 1. The molecule has 4 nitrogen and oxygen atoms in total. The third-order valence-electron chi connectivity index (χ3n) is 2.98. The lowest BCUT2D eigenvalue weighted by molar-refractivity contribution is -0.137. The molecule has 0 radical (unpaired) electrons. The van der Waals surface area contributed by atoms with Gasteiger partial charge in [-0.1, -0.05) is 18.2 Å². The molecule has 0 aliphatic carbocycles. The molecule has 0 aliphatic heterocycles. The Hall–Kier alpha value is -2.36. The Kier molecular flexibility index (Phi) is 3.80. The fourth-order valence-corrected chi connectivity index (χ4v) is 2.07. The van der Waals surface area contributed by atoms with Crippen LogP contribution in [-0.2, 0) is 4.79 Å². The number of aliphatic carboxylic acids is 1. The van der Waals surface area contributed by atoms with E-state index in [1.54, 1.807) is 43.6 Å². The predicted octanol–water partition coefficient (Wildman–Crippen LogP) is 2.62. The van der Waals surface area contributed by atoms with E-state index in [9.17, 15) is 9.90 Å². The van der Waals surface area contributed by atoms with E-state index in [1.807, 2.05) is 13.0 Å². The van der Waals surface area contributed by atoms with Crippen LogP contribution in [0.5, 0.6) is 5.75 Å². The quantitative estimate of drug-likeness (QED) is 0.914. The Morgan fingerprint density at radius 1 is 1.32 bits per heavy atom. The number of carboxylic acids is 1. The fraction of sp³-hybridized carbons (Fsp3) is 0.200. The van der Waals surface area contributed by atoms with E-state index in [4.69, 9.17) is 4.74 Å². The van der Waals surface area contributed by atoms with E-state index in [2.05, 4.69) is 4.98 Å². The molecule has 4 heteroatoms. The van der Waals surface area contributed by atoms with Gasteiger partial charge in [-0.15, -0.1) is 0 Å². The molecule has 98 valence electrons. The molecule has 1 aromatic carbocycles. The van der Waals surface area contributed by atoms with Gasteiger partial charge in [0.05, 0.1) is 12.8 Å². The molecule has 19 heavy (non-hydrogen) atoms. The summed E-state index contributed by atoms with van der Waals surface area (Å²) in [5.74, 6) is -0.928. The van der Waals surface area contributed by atoms with Crippen LogP contribution in [0.4, 0.5) is 0 Å². The number of rotatable bonds is 4. The first-order valence-electron chi connectivity index (χ1n) is 5.91. The van der Waals surface area contributed by atoms with E-state index in [1.165, 1.54) is 0 Å². The Morgan fingerprint density at radius 2 is 2.11 bits per heavy atom. The molecule has 0 aliphatic rings. The second-order valence-electron chi connectivity index (χ2n) is 4.25. The van der Waals surface area contributed by atoms with Crippen molar-refractivity contribution >= 4 is 5.97 Å². The van der Waals surface area contributed by atoms with Gasteiger partial charge in [-0.2, -0.15) is 0 Å². The Labute approximate surface area is 111 Å². The number of benzene rings is 1. The SMILES string of the molecule is COc1ccc(C(C(=O)O)c2ccccn2)cc1C. The van der Waals surface area contributed by atoms with Crippen LogP contribution in [0.1, 0.15) is 22.7 Å². The molecule has 0 saturated carbocycles. The van der Waals surface area contributed by atoms with Gasteiger partial charge in [-0.25, -0.2) is 0 Å². The van der Waals surface area contributed by atoms with Crippen molar-refractivity contribution in [3.63, 3.8) is 0 Å². The standard InChI is InChI=1S/C15H15NO3/c1-10-9-11(6-7-13(10)19-2)14(15(17)18)12-5-3-4-8-16-12/h3-9,14H,1-2H3,(H,17,18). The third kappa shape index (κ3) is 2.73. The Bertz CT molecular complexity index is 581. The largest absolute Gasteiger partial charge is 0.496 e. The molecular weight excluding hydrogens is 242 g/mol. The molecule has 1 N–H and O–H groups in total. The van der Waals surface area contributed by atoms with E-state index in [-0.39, 0.29) is 0 Å². The predicted molar refractivity (Wildman–Crippen MR) is 71.4 cm³/mol. The molecule has 2 aromatic rings. The molecule has 2 rings (SSSR count). The van der Waals surface area contributed by atoms with E-state index >= 15 is 0 Å². The molecule has 1 aromatic heterocycles. The highest BCUT2D eigenvalue weighted by Gasteiger charge is 2.23.